The van der Waals surface area contributed by atoms with Gasteiger partial charge < -0.3 is 5.73 Å². The molecule has 1 unspecified atom stereocenters. The first kappa shape index (κ1) is 13.2. The second-order valence-electron chi connectivity index (χ2n) is 5.75. The predicted octanol–water partition coefficient (Wildman–Crippen LogP) is 4.20. The van der Waals surface area contributed by atoms with Crippen LogP contribution >= 0.6 is 0 Å². The summed E-state index contributed by atoms with van der Waals surface area (Å²) in [5, 5.41) is 0. The van der Waals surface area contributed by atoms with Gasteiger partial charge in [0, 0.05) is 18.0 Å². The van der Waals surface area contributed by atoms with Crippen LogP contribution < -0.4 is 5.73 Å². The number of hydrogen-bond acceptors (Lipinski definition) is 2. The van der Waals surface area contributed by atoms with Gasteiger partial charge in [0.2, 0.25) is 0 Å². The highest BCUT2D eigenvalue weighted by atomic mass is 14.8. The van der Waals surface area contributed by atoms with Crippen LogP contribution in [0.3, 0.4) is 0 Å². The van der Waals surface area contributed by atoms with Crippen molar-refractivity contribution < 1.29 is 0 Å². The molecule has 2 aliphatic rings. The fourth-order valence-electron chi connectivity index (χ4n) is 3.30. The molecule has 0 amide bonds. The summed E-state index contributed by atoms with van der Waals surface area (Å²) in [5.74, 6) is 0.360. The van der Waals surface area contributed by atoms with Crippen LogP contribution in [-0.2, 0) is 6.54 Å². The van der Waals surface area contributed by atoms with Crippen LogP contribution in [-0.4, -0.2) is 4.98 Å². The van der Waals surface area contributed by atoms with Gasteiger partial charge in [-0.15, -0.1) is 0 Å². The third-order valence-electron chi connectivity index (χ3n) is 4.41. The van der Waals surface area contributed by atoms with E-state index in [1.807, 2.05) is 6.07 Å². The minimum Gasteiger partial charge on any atom is -0.325 e. The molecule has 2 aliphatic carbocycles. The maximum atomic E-state index is 5.89. The fraction of sp³-hybridized carbons (Fsp3) is 0.150. The summed E-state index contributed by atoms with van der Waals surface area (Å²) in [5.41, 5.74) is 13.0. The van der Waals surface area contributed by atoms with Gasteiger partial charge in [0.15, 0.2) is 0 Å². The van der Waals surface area contributed by atoms with Gasteiger partial charge in [0.1, 0.15) is 0 Å². The van der Waals surface area contributed by atoms with Crippen LogP contribution in [0.5, 0.6) is 0 Å². The smallest absolute Gasteiger partial charge is 0.0563 e. The molecule has 1 atom stereocenters. The van der Waals surface area contributed by atoms with Gasteiger partial charge in [0.25, 0.3) is 0 Å². The van der Waals surface area contributed by atoms with Gasteiger partial charge in [-0.2, -0.15) is 0 Å². The molecule has 0 radical (unpaired) electrons. The lowest BCUT2D eigenvalue weighted by atomic mass is 9.80. The lowest BCUT2D eigenvalue weighted by molar-refractivity contribution is 0.764. The van der Waals surface area contributed by atoms with E-state index in [4.69, 9.17) is 10.7 Å². The topological polar surface area (TPSA) is 38.9 Å². The third kappa shape index (κ3) is 2.13. The number of rotatable bonds is 2. The average molecular weight is 286 g/mol. The van der Waals surface area contributed by atoms with Crippen molar-refractivity contribution in [2.24, 2.45) is 5.73 Å². The number of benzene rings is 1. The van der Waals surface area contributed by atoms with Crippen molar-refractivity contribution in [3.05, 3.63) is 83.2 Å². The summed E-state index contributed by atoms with van der Waals surface area (Å²) in [6, 6.07) is 12.6. The minimum atomic E-state index is 0.360. The van der Waals surface area contributed by atoms with Crippen molar-refractivity contribution in [2.75, 3.05) is 0 Å². The van der Waals surface area contributed by atoms with E-state index in [0.717, 1.165) is 12.1 Å². The molecular formula is C20H18N2. The number of allylic oxidation sites excluding steroid dienone is 5. The van der Waals surface area contributed by atoms with Gasteiger partial charge in [0.05, 0.1) is 11.4 Å². The Morgan fingerprint density at radius 1 is 1.14 bits per heavy atom. The molecule has 2 aromatic rings. The highest BCUT2D eigenvalue weighted by Gasteiger charge is 2.25. The van der Waals surface area contributed by atoms with Crippen molar-refractivity contribution in [3.8, 4) is 11.1 Å². The summed E-state index contributed by atoms with van der Waals surface area (Å²) in [4.78, 5) is 4.85. The van der Waals surface area contributed by atoms with Crippen LogP contribution in [0, 0.1) is 0 Å². The van der Waals surface area contributed by atoms with Crippen LogP contribution in [0.1, 0.15) is 29.3 Å². The van der Waals surface area contributed by atoms with E-state index in [9.17, 15) is 0 Å². The van der Waals surface area contributed by atoms with Gasteiger partial charge in [-0.3, -0.25) is 4.98 Å². The van der Waals surface area contributed by atoms with E-state index < -0.39 is 0 Å². The number of nitrogens with zero attached hydrogens (tertiary/aromatic N) is 1. The van der Waals surface area contributed by atoms with Gasteiger partial charge in [-0.05, 0) is 29.2 Å². The monoisotopic (exact) mass is 286 g/mol. The van der Waals surface area contributed by atoms with Crippen molar-refractivity contribution in [2.45, 2.75) is 18.9 Å². The Hall–Kier alpha value is -2.45. The maximum absolute atomic E-state index is 5.89. The number of aromatic nitrogens is 1. The highest BCUT2D eigenvalue weighted by molar-refractivity contribution is 5.80. The Bertz CT molecular complexity index is 798. The summed E-state index contributed by atoms with van der Waals surface area (Å²) >= 11 is 0. The third-order valence-corrected chi connectivity index (χ3v) is 4.41. The zero-order chi connectivity index (χ0) is 14.9. The first-order valence-electron chi connectivity index (χ1n) is 7.71. The van der Waals surface area contributed by atoms with Crippen LogP contribution in [0.15, 0.2) is 66.3 Å². The molecule has 0 spiro atoms. The summed E-state index contributed by atoms with van der Waals surface area (Å²) in [6.07, 6.45) is 12.0. The number of hydrogen-bond donors (Lipinski definition) is 1. The van der Waals surface area contributed by atoms with E-state index >= 15 is 0 Å². The molecule has 0 bridgehead atoms. The normalized spacial score (nSPS) is 18.6. The zero-order valence-corrected chi connectivity index (χ0v) is 12.4. The first-order chi connectivity index (χ1) is 10.9. The van der Waals surface area contributed by atoms with E-state index in [2.05, 4.69) is 60.7 Å². The van der Waals surface area contributed by atoms with Crippen LogP contribution in [0.25, 0.3) is 17.2 Å². The quantitative estimate of drug-likeness (QED) is 0.898. The Morgan fingerprint density at radius 3 is 2.82 bits per heavy atom. The van der Waals surface area contributed by atoms with E-state index in [0.29, 0.717) is 12.5 Å². The van der Waals surface area contributed by atoms with Gasteiger partial charge in [-0.25, -0.2) is 0 Å². The molecule has 1 aromatic carbocycles. The second kappa shape index (κ2) is 5.39. The number of nitrogens with two attached hydrogens (primary N) is 1. The molecule has 4 rings (SSSR count). The van der Waals surface area contributed by atoms with Gasteiger partial charge >= 0.3 is 0 Å². The molecule has 0 aliphatic heterocycles. The summed E-state index contributed by atoms with van der Waals surface area (Å²) in [7, 11) is 0. The summed E-state index contributed by atoms with van der Waals surface area (Å²) in [6.45, 7) is 0.471. The molecule has 1 aromatic heterocycles. The summed E-state index contributed by atoms with van der Waals surface area (Å²) < 4.78 is 0. The van der Waals surface area contributed by atoms with Crippen LogP contribution in [0.4, 0.5) is 0 Å². The minimum absolute atomic E-state index is 0.360. The van der Waals surface area contributed by atoms with Gasteiger partial charge in [-0.1, -0.05) is 60.7 Å². The Labute approximate surface area is 130 Å². The number of pyridine rings is 1. The molecule has 2 N–H and O–H groups in total. The molecule has 0 saturated heterocycles. The molecule has 22 heavy (non-hydrogen) atoms. The number of fused-ring (bicyclic) bond motifs is 3. The first-order valence-corrected chi connectivity index (χ1v) is 7.71. The molecule has 0 fully saturated rings. The second-order valence-corrected chi connectivity index (χ2v) is 5.75. The van der Waals surface area contributed by atoms with Crippen LogP contribution in [0.2, 0.25) is 0 Å². The zero-order valence-electron chi connectivity index (χ0n) is 12.4. The predicted molar refractivity (Wildman–Crippen MR) is 91.2 cm³/mol. The van der Waals surface area contributed by atoms with Crippen molar-refractivity contribution >= 4 is 6.08 Å². The fourth-order valence-corrected chi connectivity index (χ4v) is 3.30. The molecule has 0 saturated carbocycles. The molecule has 108 valence electrons. The molecule has 1 heterocycles. The van der Waals surface area contributed by atoms with Crippen molar-refractivity contribution in [1.82, 2.24) is 4.98 Å². The Balaban J connectivity index is 1.95. The maximum Gasteiger partial charge on any atom is 0.0563 e. The van der Waals surface area contributed by atoms with E-state index in [1.54, 1.807) is 0 Å². The highest BCUT2D eigenvalue weighted by Crippen LogP contribution is 2.41. The molecule has 2 nitrogen and oxygen atoms in total. The standard InChI is InChI=1S/C20H18N2/c21-13-16-12-19(14-6-2-1-3-7-14)18-11-10-15-8-4-5-9-17(15)20(18)22-16/h1-8,10-12,17H,9,13,21H2. The molecular weight excluding hydrogens is 268 g/mol. The van der Waals surface area contributed by atoms with E-state index in [1.165, 1.54) is 28.0 Å². The lowest BCUT2D eigenvalue weighted by Crippen LogP contribution is -2.14. The Kier molecular flexibility index (Phi) is 3.24. The van der Waals surface area contributed by atoms with Crippen molar-refractivity contribution in [3.63, 3.8) is 0 Å². The largest absolute Gasteiger partial charge is 0.325 e. The lowest BCUT2D eigenvalue weighted by Gasteiger charge is -2.26. The van der Waals surface area contributed by atoms with Crippen molar-refractivity contribution in [1.29, 1.82) is 0 Å². The average Bonchev–Trinajstić information content (AvgIpc) is 2.61. The molecule has 2 heteroatoms. The SMILES string of the molecule is NCc1cc(-c2ccccc2)c2c(n1)C1CC=CC=C1C=C2. The Morgan fingerprint density at radius 2 is 2.00 bits per heavy atom. The van der Waals surface area contributed by atoms with E-state index in [-0.39, 0.29) is 0 Å².